The van der Waals surface area contributed by atoms with Crippen molar-refractivity contribution in [3.8, 4) is 0 Å². The second kappa shape index (κ2) is 11.6. The molecule has 0 bridgehead atoms. The van der Waals surface area contributed by atoms with Crippen molar-refractivity contribution in [2.24, 2.45) is 5.73 Å². The number of aromatic nitrogens is 2. The minimum Gasteiger partial charge on any atom is -0.755 e. The normalized spacial score (nSPS) is 18.0. The standard InChI is InChI=1S/C32H35BF2N4O5S/c1-31(2)32(3,4)44-33(43-31)24-12-7-20(15-25(24)35)13-14-39(45(41)42)28-18-38-27(17-23(28)21-8-9-21)29(30(36)40)26(37-38)16-19-5-10-22(34)11-6-19/h5-7,10-12,15,17-18,21H,8-9,13-14,16H2,1-4H3,(H2,36,40)(H,41,42)/p-1. The van der Waals surface area contributed by atoms with Gasteiger partial charge in [0.1, 0.15) is 11.6 Å². The average molecular weight is 636 g/mol. The fourth-order valence-electron chi connectivity index (χ4n) is 5.66. The Hall–Kier alpha value is -3.65. The van der Waals surface area contributed by atoms with Crippen molar-refractivity contribution >= 4 is 41.0 Å². The van der Waals surface area contributed by atoms with E-state index in [1.807, 2.05) is 27.7 Å². The molecule has 0 spiro atoms. The van der Waals surface area contributed by atoms with Gasteiger partial charge in [-0.25, -0.2) is 13.3 Å². The molecule has 1 amide bonds. The lowest BCUT2D eigenvalue weighted by molar-refractivity contribution is 0.00578. The zero-order chi connectivity index (χ0) is 32.3. The van der Waals surface area contributed by atoms with Crippen molar-refractivity contribution in [2.45, 2.75) is 70.5 Å². The molecule has 3 heterocycles. The second-order valence-electron chi connectivity index (χ2n) is 12.7. The molecule has 2 fully saturated rings. The Morgan fingerprint density at radius 2 is 1.73 bits per heavy atom. The van der Waals surface area contributed by atoms with E-state index in [1.54, 1.807) is 36.5 Å². The zero-order valence-electron chi connectivity index (χ0n) is 25.5. The van der Waals surface area contributed by atoms with Crippen LogP contribution in [0.2, 0.25) is 0 Å². The van der Waals surface area contributed by atoms with Gasteiger partial charge in [-0.05, 0) is 93.8 Å². The molecule has 2 aromatic heterocycles. The van der Waals surface area contributed by atoms with Crippen LogP contribution in [0.1, 0.15) is 79.2 Å². The summed E-state index contributed by atoms with van der Waals surface area (Å²) in [6.07, 6.45) is 3.81. The number of hydrogen-bond acceptors (Lipinski definition) is 6. The molecule has 9 nitrogen and oxygen atoms in total. The van der Waals surface area contributed by atoms with E-state index in [4.69, 9.17) is 15.0 Å². The first kappa shape index (κ1) is 31.3. The van der Waals surface area contributed by atoms with Gasteiger partial charge in [0.25, 0.3) is 5.91 Å². The number of nitrogens with two attached hydrogens (primary N) is 1. The summed E-state index contributed by atoms with van der Waals surface area (Å²) >= 11 is -2.66. The van der Waals surface area contributed by atoms with Crippen molar-refractivity contribution in [2.75, 3.05) is 10.8 Å². The van der Waals surface area contributed by atoms with E-state index in [-0.39, 0.29) is 42.1 Å². The van der Waals surface area contributed by atoms with Gasteiger partial charge in [0.2, 0.25) is 0 Å². The second-order valence-corrected chi connectivity index (χ2v) is 13.6. The lowest BCUT2D eigenvalue weighted by Crippen LogP contribution is -2.41. The van der Waals surface area contributed by atoms with Crippen LogP contribution >= 0.6 is 0 Å². The smallest absolute Gasteiger partial charge is 0.497 e. The lowest BCUT2D eigenvalue weighted by atomic mass is 9.78. The highest BCUT2D eigenvalue weighted by Crippen LogP contribution is 2.45. The number of primary amides is 1. The number of rotatable bonds is 10. The molecule has 6 rings (SSSR count). The van der Waals surface area contributed by atoms with Crippen LogP contribution in [0, 0.1) is 11.6 Å². The minimum absolute atomic E-state index is 0.0446. The van der Waals surface area contributed by atoms with E-state index in [9.17, 15) is 17.9 Å². The Bertz CT molecular complexity index is 1790. The number of carbonyl (C=O) groups excluding carboxylic acids is 1. The van der Waals surface area contributed by atoms with E-state index >= 15 is 4.39 Å². The molecule has 2 aromatic carbocycles. The summed E-state index contributed by atoms with van der Waals surface area (Å²) in [4.78, 5) is 12.6. The molecule has 13 heteroatoms. The van der Waals surface area contributed by atoms with E-state index < -0.39 is 41.3 Å². The van der Waals surface area contributed by atoms with E-state index in [2.05, 4.69) is 5.10 Å². The molecule has 45 heavy (non-hydrogen) atoms. The quantitative estimate of drug-likeness (QED) is 0.205. The number of pyridine rings is 1. The van der Waals surface area contributed by atoms with Gasteiger partial charge in [-0.1, -0.05) is 24.3 Å². The fraction of sp³-hybridized carbons (Fsp3) is 0.375. The average Bonchev–Trinajstić information content (AvgIpc) is 3.69. The largest absolute Gasteiger partial charge is 0.755 e. The SMILES string of the molecule is CC1(C)OB(c2ccc(CCN(c3cn4nc(Cc5ccc(F)cc5)c(C(N)=O)c4cc3C3CC3)S(=O)[O-])cc2F)OC1(C)C. The van der Waals surface area contributed by atoms with Gasteiger partial charge in [0, 0.05) is 29.7 Å². The van der Waals surface area contributed by atoms with Crippen molar-refractivity contribution in [3.05, 3.63) is 94.3 Å². The molecule has 4 aromatic rings. The van der Waals surface area contributed by atoms with Gasteiger partial charge >= 0.3 is 7.12 Å². The minimum atomic E-state index is -2.66. The third-order valence-corrected chi connectivity index (χ3v) is 9.76. The number of anilines is 1. The van der Waals surface area contributed by atoms with Gasteiger partial charge in [-0.3, -0.25) is 9.00 Å². The molecule has 1 aliphatic carbocycles. The Morgan fingerprint density at radius 1 is 1.09 bits per heavy atom. The summed E-state index contributed by atoms with van der Waals surface area (Å²) in [5, 5.41) is 4.59. The Labute approximate surface area is 263 Å². The first-order chi connectivity index (χ1) is 21.2. The number of fused-ring (bicyclic) bond motifs is 1. The van der Waals surface area contributed by atoms with Crippen LogP contribution < -0.4 is 15.5 Å². The molecule has 2 N–H and O–H groups in total. The maximum absolute atomic E-state index is 15.3. The van der Waals surface area contributed by atoms with Crippen LogP contribution in [-0.2, 0) is 33.4 Å². The number of amides is 1. The van der Waals surface area contributed by atoms with E-state index in [0.29, 0.717) is 22.5 Å². The summed E-state index contributed by atoms with van der Waals surface area (Å²) < 4.78 is 68.6. The molecule has 236 valence electrons. The van der Waals surface area contributed by atoms with Crippen molar-refractivity contribution in [3.63, 3.8) is 0 Å². The van der Waals surface area contributed by atoms with Crippen molar-refractivity contribution < 1.29 is 31.6 Å². The number of benzene rings is 2. The highest BCUT2D eigenvalue weighted by atomic mass is 32.2. The van der Waals surface area contributed by atoms with Crippen LogP contribution in [0.25, 0.3) is 5.52 Å². The maximum atomic E-state index is 15.3. The number of nitrogens with zero attached hydrogens (tertiary/aromatic N) is 3. The molecule has 1 unspecified atom stereocenters. The molecular formula is C32H34BF2N4O5S-. The predicted octanol–water partition coefficient (Wildman–Crippen LogP) is 4.32. The van der Waals surface area contributed by atoms with Crippen LogP contribution in [0.5, 0.6) is 0 Å². The third kappa shape index (κ3) is 6.14. The van der Waals surface area contributed by atoms with E-state index in [1.165, 1.54) is 27.0 Å². The van der Waals surface area contributed by atoms with Crippen LogP contribution in [0.3, 0.4) is 0 Å². The summed E-state index contributed by atoms with van der Waals surface area (Å²) in [5.41, 5.74) is 8.49. The van der Waals surface area contributed by atoms with Gasteiger partial charge in [-0.2, -0.15) is 5.10 Å². The molecule has 1 saturated heterocycles. The van der Waals surface area contributed by atoms with Gasteiger partial charge < -0.3 is 23.9 Å². The first-order valence-corrected chi connectivity index (χ1v) is 15.9. The third-order valence-electron chi connectivity index (χ3n) is 9.03. The fourth-order valence-corrected chi connectivity index (χ4v) is 6.21. The highest BCUT2D eigenvalue weighted by Gasteiger charge is 2.52. The molecular weight excluding hydrogens is 601 g/mol. The summed E-state index contributed by atoms with van der Waals surface area (Å²) in [7, 11) is -0.852. The maximum Gasteiger partial charge on any atom is 0.497 e. The number of halogens is 2. The number of carbonyl (C=O) groups is 1. The molecule has 2 aliphatic rings. The molecule has 0 radical (unpaired) electrons. The van der Waals surface area contributed by atoms with Gasteiger partial charge in [0.15, 0.2) is 0 Å². The van der Waals surface area contributed by atoms with Crippen molar-refractivity contribution in [1.82, 2.24) is 9.61 Å². The Balaban J connectivity index is 1.29. The van der Waals surface area contributed by atoms with Crippen molar-refractivity contribution in [1.29, 1.82) is 0 Å². The number of hydrogen-bond donors (Lipinski definition) is 1. The van der Waals surface area contributed by atoms with Crippen LogP contribution in [-0.4, -0.2) is 49.1 Å². The molecule has 1 aliphatic heterocycles. The monoisotopic (exact) mass is 635 g/mol. The topological polar surface area (TPSA) is 122 Å². The first-order valence-electron chi connectivity index (χ1n) is 14.8. The predicted molar refractivity (Wildman–Crippen MR) is 167 cm³/mol. The van der Waals surface area contributed by atoms with Gasteiger partial charge in [-0.15, -0.1) is 0 Å². The van der Waals surface area contributed by atoms with Gasteiger partial charge in [0.05, 0.1) is 39.9 Å². The Kier molecular flexibility index (Phi) is 8.09. The zero-order valence-corrected chi connectivity index (χ0v) is 26.3. The Morgan fingerprint density at radius 3 is 2.31 bits per heavy atom. The molecule has 1 saturated carbocycles. The van der Waals surface area contributed by atoms with Crippen LogP contribution in [0.15, 0.2) is 54.7 Å². The highest BCUT2D eigenvalue weighted by molar-refractivity contribution is 7.80. The summed E-state index contributed by atoms with van der Waals surface area (Å²) in [6, 6.07) is 12.4. The summed E-state index contributed by atoms with van der Waals surface area (Å²) in [6.45, 7) is 7.63. The summed E-state index contributed by atoms with van der Waals surface area (Å²) in [5.74, 6) is -1.42. The molecule has 1 atom stereocenters. The lowest BCUT2D eigenvalue weighted by Gasteiger charge is -2.32. The van der Waals surface area contributed by atoms with E-state index in [0.717, 1.165) is 24.0 Å². The van der Waals surface area contributed by atoms with Crippen LogP contribution in [0.4, 0.5) is 14.5 Å².